The Hall–Kier alpha value is -1.84. The van der Waals surface area contributed by atoms with Crippen LogP contribution in [0.15, 0.2) is 54.6 Å². The number of para-hydroxylation sites is 1. The molecule has 0 spiro atoms. The van der Waals surface area contributed by atoms with Crippen LogP contribution in [0.1, 0.15) is 23.7 Å². The summed E-state index contributed by atoms with van der Waals surface area (Å²) in [6, 6.07) is 18.0. The zero-order chi connectivity index (χ0) is 14.0. The van der Waals surface area contributed by atoms with Crippen LogP contribution in [0.3, 0.4) is 0 Å². The molecule has 0 bridgehead atoms. The van der Waals surface area contributed by atoms with Crippen LogP contribution in [0, 0.1) is 0 Å². The van der Waals surface area contributed by atoms with Crippen LogP contribution in [0.25, 0.3) is 0 Å². The minimum atomic E-state index is -0.755. The second-order valence-corrected chi connectivity index (χ2v) is 4.88. The molecule has 0 N–H and O–H groups in total. The van der Waals surface area contributed by atoms with Gasteiger partial charge in [-0.05, 0) is 17.7 Å². The quantitative estimate of drug-likeness (QED) is 0.797. The molecule has 0 amide bonds. The van der Waals surface area contributed by atoms with Crippen molar-refractivity contribution >= 4 is 0 Å². The van der Waals surface area contributed by atoms with Crippen molar-refractivity contribution in [3.8, 4) is 5.75 Å². The van der Waals surface area contributed by atoms with Crippen LogP contribution in [-0.2, 0) is 15.3 Å². The Bertz CT molecular complexity index is 576. The van der Waals surface area contributed by atoms with E-state index in [1.807, 2.05) is 42.5 Å². The van der Waals surface area contributed by atoms with Gasteiger partial charge in [-0.15, -0.1) is 0 Å². The highest BCUT2D eigenvalue weighted by Crippen LogP contribution is 2.46. The average Bonchev–Trinajstić information content (AvgIpc) is 2.54. The van der Waals surface area contributed by atoms with Gasteiger partial charge in [0, 0.05) is 20.6 Å². The lowest BCUT2D eigenvalue weighted by Gasteiger charge is -2.40. The molecule has 20 heavy (non-hydrogen) atoms. The van der Waals surface area contributed by atoms with E-state index in [9.17, 15) is 0 Å². The van der Waals surface area contributed by atoms with E-state index >= 15 is 0 Å². The molecular formula is C17H18O3. The molecule has 0 fully saturated rings. The van der Waals surface area contributed by atoms with E-state index in [4.69, 9.17) is 14.2 Å². The van der Waals surface area contributed by atoms with Gasteiger partial charge >= 0.3 is 0 Å². The summed E-state index contributed by atoms with van der Waals surface area (Å²) in [6.45, 7) is 0. The molecule has 2 aromatic rings. The van der Waals surface area contributed by atoms with Gasteiger partial charge < -0.3 is 14.2 Å². The van der Waals surface area contributed by atoms with Crippen molar-refractivity contribution in [1.29, 1.82) is 0 Å². The molecule has 0 saturated carbocycles. The van der Waals surface area contributed by atoms with Crippen molar-refractivity contribution in [3.63, 3.8) is 0 Å². The first-order valence-electron chi connectivity index (χ1n) is 6.70. The van der Waals surface area contributed by atoms with Crippen LogP contribution < -0.4 is 4.74 Å². The third kappa shape index (κ3) is 2.09. The van der Waals surface area contributed by atoms with E-state index in [1.165, 1.54) is 0 Å². The van der Waals surface area contributed by atoms with Crippen molar-refractivity contribution in [2.24, 2.45) is 0 Å². The Kier molecular flexibility index (Phi) is 3.47. The summed E-state index contributed by atoms with van der Waals surface area (Å²) in [5.74, 6) is 0.0614. The first kappa shape index (κ1) is 13.2. The maximum absolute atomic E-state index is 6.12. The molecule has 0 aromatic heterocycles. The summed E-state index contributed by atoms with van der Waals surface area (Å²) < 4.78 is 17.5. The second-order valence-electron chi connectivity index (χ2n) is 4.88. The maximum Gasteiger partial charge on any atom is 0.201 e. The summed E-state index contributed by atoms with van der Waals surface area (Å²) in [4.78, 5) is 0. The molecular weight excluding hydrogens is 252 g/mol. The first-order chi connectivity index (χ1) is 9.79. The first-order valence-corrected chi connectivity index (χ1v) is 6.70. The van der Waals surface area contributed by atoms with Gasteiger partial charge in [-0.1, -0.05) is 42.5 Å². The maximum atomic E-state index is 6.12. The fraction of sp³-hybridized carbons (Fsp3) is 0.294. The molecule has 1 unspecified atom stereocenters. The largest absolute Gasteiger partial charge is 0.485 e. The molecule has 3 nitrogen and oxygen atoms in total. The van der Waals surface area contributed by atoms with Crippen LogP contribution in [0.2, 0.25) is 0 Å². The van der Waals surface area contributed by atoms with Gasteiger partial charge in [0.1, 0.15) is 11.9 Å². The predicted molar refractivity (Wildman–Crippen MR) is 76.6 cm³/mol. The third-order valence-corrected chi connectivity index (χ3v) is 3.85. The number of hydrogen-bond acceptors (Lipinski definition) is 3. The summed E-state index contributed by atoms with van der Waals surface area (Å²) >= 11 is 0. The van der Waals surface area contributed by atoms with Gasteiger partial charge in [0.25, 0.3) is 0 Å². The van der Waals surface area contributed by atoms with Crippen molar-refractivity contribution in [3.05, 3.63) is 65.7 Å². The molecule has 104 valence electrons. The fourth-order valence-electron chi connectivity index (χ4n) is 2.76. The number of fused-ring (bicyclic) bond motifs is 1. The average molecular weight is 270 g/mol. The molecule has 1 atom stereocenters. The number of methoxy groups -OCH3 is 2. The van der Waals surface area contributed by atoms with Gasteiger partial charge in [0.05, 0.1) is 5.56 Å². The monoisotopic (exact) mass is 270 g/mol. The summed E-state index contributed by atoms with van der Waals surface area (Å²) in [5, 5.41) is 0. The molecule has 2 aromatic carbocycles. The molecule has 1 aliphatic heterocycles. The molecule has 1 aliphatic rings. The van der Waals surface area contributed by atoms with Gasteiger partial charge in [-0.25, -0.2) is 0 Å². The van der Waals surface area contributed by atoms with Crippen molar-refractivity contribution in [2.45, 2.75) is 18.3 Å². The van der Waals surface area contributed by atoms with Crippen molar-refractivity contribution in [1.82, 2.24) is 0 Å². The molecule has 3 heteroatoms. The molecule has 1 heterocycles. The van der Waals surface area contributed by atoms with E-state index < -0.39 is 5.79 Å². The Morgan fingerprint density at radius 3 is 2.30 bits per heavy atom. The standard InChI is InChI=1S/C17H18O3/c1-18-17(19-2)12-16(13-8-4-3-5-9-13)20-15-11-7-6-10-14(15)17/h3-11,16H,12H2,1-2H3. The highest BCUT2D eigenvalue weighted by molar-refractivity contribution is 5.40. The normalized spacial score (nSPS) is 20.0. The Morgan fingerprint density at radius 1 is 0.950 bits per heavy atom. The van der Waals surface area contributed by atoms with Crippen molar-refractivity contribution < 1.29 is 14.2 Å². The number of ether oxygens (including phenoxy) is 3. The number of hydrogen-bond donors (Lipinski definition) is 0. The topological polar surface area (TPSA) is 27.7 Å². The van der Waals surface area contributed by atoms with Crippen LogP contribution in [-0.4, -0.2) is 14.2 Å². The van der Waals surface area contributed by atoms with Gasteiger partial charge in [-0.3, -0.25) is 0 Å². The van der Waals surface area contributed by atoms with E-state index in [2.05, 4.69) is 12.1 Å². The number of rotatable bonds is 3. The third-order valence-electron chi connectivity index (χ3n) is 3.85. The zero-order valence-corrected chi connectivity index (χ0v) is 11.7. The molecule has 3 rings (SSSR count). The predicted octanol–water partition coefficient (Wildman–Crippen LogP) is 3.66. The van der Waals surface area contributed by atoms with Gasteiger partial charge in [-0.2, -0.15) is 0 Å². The molecule has 0 aliphatic carbocycles. The Labute approximate surface area is 119 Å². The Morgan fingerprint density at radius 2 is 1.60 bits per heavy atom. The number of benzene rings is 2. The van der Waals surface area contributed by atoms with Crippen LogP contribution in [0.4, 0.5) is 0 Å². The van der Waals surface area contributed by atoms with Gasteiger partial charge in [0.15, 0.2) is 0 Å². The van der Waals surface area contributed by atoms with Crippen molar-refractivity contribution in [2.75, 3.05) is 14.2 Å². The van der Waals surface area contributed by atoms with Crippen LogP contribution >= 0.6 is 0 Å². The second kappa shape index (κ2) is 5.27. The highest BCUT2D eigenvalue weighted by atomic mass is 16.7. The van der Waals surface area contributed by atoms with Gasteiger partial charge in [0.2, 0.25) is 5.79 Å². The highest BCUT2D eigenvalue weighted by Gasteiger charge is 2.42. The van der Waals surface area contributed by atoms with Crippen LogP contribution in [0.5, 0.6) is 5.75 Å². The minimum absolute atomic E-state index is 0.0778. The molecule has 0 saturated heterocycles. The van der Waals surface area contributed by atoms with E-state index in [0.29, 0.717) is 6.42 Å². The summed E-state index contributed by atoms with van der Waals surface area (Å²) in [7, 11) is 3.35. The van der Waals surface area contributed by atoms with E-state index in [0.717, 1.165) is 16.9 Å². The smallest absolute Gasteiger partial charge is 0.201 e. The SMILES string of the molecule is COC1(OC)CC(c2ccccc2)Oc2ccccc21. The summed E-state index contributed by atoms with van der Waals surface area (Å²) in [6.07, 6.45) is 0.548. The lowest BCUT2D eigenvalue weighted by molar-refractivity contribution is -0.239. The molecule has 0 radical (unpaired) electrons. The summed E-state index contributed by atoms with van der Waals surface area (Å²) in [5.41, 5.74) is 2.07. The Balaban J connectivity index is 2.05. The fourth-order valence-corrected chi connectivity index (χ4v) is 2.76. The lowest BCUT2D eigenvalue weighted by Crippen LogP contribution is -2.38. The lowest BCUT2D eigenvalue weighted by atomic mass is 9.91. The zero-order valence-electron chi connectivity index (χ0n) is 11.7. The van der Waals surface area contributed by atoms with E-state index in [1.54, 1.807) is 14.2 Å². The van der Waals surface area contributed by atoms with E-state index in [-0.39, 0.29) is 6.10 Å². The minimum Gasteiger partial charge on any atom is -0.485 e.